The summed E-state index contributed by atoms with van der Waals surface area (Å²) in [6.07, 6.45) is 0.776. The minimum atomic E-state index is -0.159. The maximum absolute atomic E-state index is 11.6. The number of ether oxygens (including phenoxy) is 1. The second-order valence-electron chi connectivity index (χ2n) is 6.88. The summed E-state index contributed by atoms with van der Waals surface area (Å²) in [6.45, 7) is 7.90. The van der Waals surface area contributed by atoms with Crippen LogP contribution in [-0.2, 0) is 14.9 Å². The van der Waals surface area contributed by atoms with Crippen molar-refractivity contribution in [2.75, 3.05) is 25.1 Å². The number of oxazole rings is 1. The molecule has 1 unspecified atom stereocenters. The number of hydrogen-bond donors (Lipinski definition) is 0. The van der Waals surface area contributed by atoms with Gasteiger partial charge in [0, 0.05) is 13.1 Å². The molecule has 3 rings (SSSR count). The molecule has 1 aromatic heterocycles. The Morgan fingerprint density at radius 1 is 1.41 bits per heavy atom. The molecule has 1 aliphatic rings. The Morgan fingerprint density at radius 2 is 2.18 bits per heavy atom. The van der Waals surface area contributed by atoms with E-state index in [9.17, 15) is 4.79 Å². The molecule has 0 saturated carbocycles. The normalized spacial score (nSPS) is 18.9. The van der Waals surface area contributed by atoms with Gasteiger partial charge in [-0.25, -0.2) is 0 Å². The van der Waals surface area contributed by atoms with Crippen molar-refractivity contribution in [3.8, 4) is 0 Å². The summed E-state index contributed by atoms with van der Waals surface area (Å²) in [5, 5.41) is 0. The van der Waals surface area contributed by atoms with Crippen molar-refractivity contribution in [3.05, 3.63) is 23.8 Å². The maximum atomic E-state index is 11.6. The molecule has 5 nitrogen and oxygen atoms in total. The Bertz CT molecular complexity index is 699. The van der Waals surface area contributed by atoms with Crippen LogP contribution in [0.4, 0.5) is 6.01 Å². The summed E-state index contributed by atoms with van der Waals surface area (Å²) in [5.74, 6) is -0.251. The smallest absolute Gasteiger partial charge is 0.310 e. The van der Waals surface area contributed by atoms with Crippen LogP contribution >= 0.6 is 0 Å². The molecule has 0 aliphatic carbocycles. The monoisotopic (exact) mass is 302 g/mol. The highest BCUT2D eigenvalue weighted by Gasteiger charge is 2.31. The van der Waals surface area contributed by atoms with E-state index in [0.717, 1.165) is 24.1 Å². The van der Waals surface area contributed by atoms with Gasteiger partial charge in [0.1, 0.15) is 5.52 Å². The Balaban J connectivity index is 1.85. The fraction of sp³-hybridized carbons (Fsp3) is 0.529. The lowest BCUT2D eigenvalue weighted by atomic mass is 9.87. The first-order valence-corrected chi connectivity index (χ1v) is 7.62. The van der Waals surface area contributed by atoms with Crippen molar-refractivity contribution in [1.82, 2.24) is 4.98 Å². The van der Waals surface area contributed by atoms with Crippen LogP contribution in [0.15, 0.2) is 22.6 Å². The number of methoxy groups -OCH3 is 1. The highest BCUT2D eigenvalue weighted by Crippen LogP contribution is 2.30. The minimum absolute atomic E-state index is 0.0803. The highest BCUT2D eigenvalue weighted by atomic mass is 16.5. The molecule has 0 amide bonds. The Kier molecular flexibility index (Phi) is 3.59. The van der Waals surface area contributed by atoms with E-state index in [4.69, 9.17) is 9.15 Å². The largest absolute Gasteiger partial charge is 0.469 e. The van der Waals surface area contributed by atoms with Gasteiger partial charge in [-0.2, -0.15) is 4.98 Å². The molecule has 1 saturated heterocycles. The van der Waals surface area contributed by atoms with Gasteiger partial charge in [-0.3, -0.25) is 4.79 Å². The Hall–Kier alpha value is -2.04. The van der Waals surface area contributed by atoms with Crippen LogP contribution in [0.2, 0.25) is 0 Å². The van der Waals surface area contributed by atoms with E-state index in [0.29, 0.717) is 12.6 Å². The lowest BCUT2D eigenvalue weighted by molar-refractivity contribution is -0.144. The zero-order valence-electron chi connectivity index (χ0n) is 13.5. The molecule has 0 radical (unpaired) electrons. The summed E-state index contributed by atoms with van der Waals surface area (Å²) >= 11 is 0. The van der Waals surface area contributed by atoms with Gasteiger partial charge in [0.25, 0.3) is 6.01 Å². The standard InChI is InChI=1S/C17H22N2O3/c1-17(2,3)12-5-6-14-13(9-12)18-16(22-14)19-8-7-11(10-19)15(20)21-4/h5-6,9,11H,7-8,10H2,1-4H3. The summed E-state index contributed by atoms with van der Waals surface area (Å²) in [5.41, 5.74) is 2.96. The molecule has 1 fully saturated rings. The second kappa shape index (κ2) is 5.30. The van der Waals surface area contributed by atoms with Crippen molar-refractivity contribution in [2.45, 2.75) is 32.6 Å². The Labute approximate surface area is 130 Å². The number of hydrogen-bond acceptors (Lipinski definition) is 5. The van der Waals surface area contributed by atoms with Crippen LogP contribution in [0.5, 0.6) is 0 Å². The fourth-order valence-electron chi connectivity index (χ4n) is 2.81. The van der Waals surface area contributed by atoms with Gasteiger partial charge in [-0.05, 0) is 29.5 Å². The molecular weight excluding hydrogens is 280 g/mol. The predicted molar refractivity (Wildman–Crippen MR) is 85.0 cm³/mol. The molecule has 2 aromatic rings. The third kappa shape index (κ3) is 2.67. The van der Waals surface area contributed by atoms with Crippen molar-refractivity contribution in [2.24, 2.45) is 5.92 Å². The number of esters is 1. The van der Waals surface area contributed by atoms with Crippen LogP contribution in [0.1, 0.15) is 32.8 Å². The molecule has 0 bridgehead atoms. The van der Waals surface area contributed by atoms with Crippen molar-refractivity contribution in [1.29, 1.82) is 0 Å². The van der Waals surface area contributed by atoms with Crippen LogP contribution in [0, 0.1) is 5.92 Å². The van der Waals surface area contributed by atoms with Crippen molar-refractivity contribution in [3.63, 3.8) is 0 Å². The van der Waals surface area contributed by atoms with E-state index < -0.39 is 0 Å². The van der Waals surface area contributed by atoms with Gasteiger partial charge in [0.15, 0.2) is 5.58 Å². The number of anilines is 1. The average molecular weight is 302 g/mol. The zero-order chi connectivity index (χ0) is 15.9. The first kappa shape index (κ1) is 14.9. The molecule has 1 aromatic carbocycles. The maximum Gasteiger partial charge on any atom is 0.310 e. The molecular formula is C17H22N2O3. The van der Waals surface area contributed by atoms with Crippen LogP contribution < -0.4 is 4.90 Å². The number of benzene rings is 1. The van der Waals surface area contributed by atoms with Gasteiger partial charge in [-0.1, -0.05) is 26.8 Å². The number of fused-ring (bicyclic) bond motifs is 1. The molecule has 1 atom stereocenters. The topological polar surface area (TPSA) is 55.6 Å². The van der Waals surface area contributed by atoms with E-state index >= 15 is 0 Å². The molecule has 118 valence electrons. The molecule has 5 heteroatoms. The van der Waals surface area contributed by atoms with Gasteiger partial charge in [0.05, 0.1) is 13.0 Å². The van der Waals surface area contributed by atoms with Gasteiger partial charge < -0.3 is 14.1 Å². The van der Waals surface area contributed by atoms with Crippen molar-refractivity contribution < 1.29 is 13.9 Å². The highest BCUT2D eigenvalue weighted by molar-refractivity contribution is 5.77. The summed E-state index contributed by atoms with van der Waals surface area (Å²) in [4.78, 5) is 18.2. The van der Waals surface area contributed by atoms with E-state index in [-0.39, 0.29) is 17.3 Å². The molecule has 22 heavy (non-hydrogen) atoms. The summed E-state index contributed by atoms with van der Waals surface area (Å²) in [6, 6.07) is 6.72. The quantitative estimate of drug-likeness (QED) is 0.798. The number of rotatable bonds is 2. The molecule has 2 heterocycles. The summed E-state index contributed by atoms with van der Waals surface area (Å²) < 4.78 is 10.7. The van der Waals surface area contributed by atoms with Crippen LogP contribution in [-0.4, -0.2) is 31.2 Å². The number of carbonyl (C=O) groups is 1. The SMILES string of the molecule is COC(=O)C1CCN(c2nc3cc(C(C)(C)C)ccc3o2)C1. The predicted octanol–water partition coefficient (Wildman–Crippen LogP) is 3.12. The number of carbonyl (C=O) groups excluding carboxylic acids is 1. The van der Waals surface area contributed by atoms with Gasteiger partial charge in [0.2, 0.25) is 0 Å². The average Bonchev–Trinajstić information content (AvgIpc) is 3.10. The van der Waals surface area contributed by atoms with Gasteiger partial charge in [-0.15, -0.1) is 0 Å². The van der Waals surface area contributed by atoms with Crippen LogP contribution in [0.3, 0.4) is 0 Å². The lowest BCUT2D eigenvalue weighted by Gasteiger charge is -2.18. The van der Waals surface area contributed by atoms with Gasteiger partial charge >= 0.3 is 5.97 Å². The van der Waals surface area contributed by atoms with Crippen LogP contribution in [0.25, 0.3) is 11.1 Å². The third-order valence-corrected chi connectivity index (χ3v) is 4.24. The molecule has 0 spiro atoms. The summed E-state index contributed by atoms with van der Waals surface area (Å²) in [7, 11) is 1.43. The third-order valence-electron chi connectivity index (χ3n) is 4.24. The van der Waals surface area contributed by atoms with E-state index in [1.165, 1.54) is 12.7 Å². The minimum Gasteiger partial charge on any atom is -0.469 e. The zero-order valence-corrected chi connectivity index (χ0v) is 13.5. The van der Waals surface area contributed by atoms with E-state index in [1.807, 2.05) is 11.0 Å². The van der Waals surface area contributed by atoms with E-state index in [1.54, 1.807) is 0 Å². The van der Waals surface area contributed by atoms with E-state index in [2.05, 4.69) is 37.9 Å². The Morgan fingerprint density at radius 3 is 2.86 bits per heavy atom. The second-order valence-corrected chi connectivity index (χ2v) is 6.88. The number of aromatic nitrogens is 1. The first-order valence-electron chi connectivity index (χ1n) is 7.62. The fourth-order valence-corrected chi connectivity index (χ4v) is 2.81. The van der Waals surface area contributed by atoms with Crippen molar-refractivity contribution >= 4 is 23.1 Å². The molecule has 0 N–H and O–H groups in total. The number of nitrogens with zero attached hydrogens (tertiary/aromatic N) is 2. The molecule has 1 aliphatic heterocycles. The first-order chi connectivity index (χ1) is 10.4. The lowest BCUT2D eigenvalue weighted by Crippen LogP contribution is -2.23.